The molecule has 7 heteroatoms. The molecule has 0 aliphatic carbocycles. The molecule has 1 aromatic rings. The first-order valence-electron chi connectivity index (χ1n) is 5.42. The minimum Gasteiger partial charge on any atom is -0.373 e. The number of alkyl halides is 3. The molecule has 0 aliphatic heterocycles. The lowest BCUT2D eigenvalue weighted by atomic mass is 10.1. The van der Waals surface area contributed by atoms with Crippen LogP contribution in [-0.2, 0) is 4.74 Å². The zero-order chi connectivity index (χ0) is 14.5. The van der Waals surface area contributed by atoms with E-state index in [0.29, 0.717) is 0 Å². The third-order valence-corrected chi connectivity index (χ3v) is 2.22. The lowest BCUT2D eigenvalue weighted by Crippen LogP contribution is -2.13. The van der Waals surface area contributed by atoms with Crippen molar-refractivity contribution >= 4 is 5.78 Å². The van der Waals surface area contributed by atoms with E-state index in [4.69, 9.17) is 4.74 Å². The van der Waals surface area contributed by atoms with E-state index in [2.05, 4.69) is 0 Å². The van der Waals surface area contributed by atoms with Crippen LogP contribution in [0, 0.1) is 11.6 Å². The Balaban J connectivity index is 2.33. The van der Waals surface area contributed by atoms with E-state index in [1.165, 1.54) is 0 Å². The molecule has 0 fully saturated rings. The Morgan fingerprint density at radius 2 is 1.84 bits per heavy atom. The summed E-state index contributed by atoms with van der Waals surface area (Å²) >= 11 is 0. The lowest BCUT2D eigenvalue weighted by molar-refractivity contribution is -0.137. The molecule has 0 saturated carbocycles. The highest BCUT2D eigenvalue weighted by molar-refractivity contribution is 5.97. The monoisotopic (exact) mass is 282 g/mol. The normalized spacial score (nSPS) is 11.6. The van der Waals surface area contributed by atoms with E-state index >= 15 is 0 Å². The van der Waals surface area contributed by atoms with Crippen LogP contribution in [0.15, 0.2) is 18.2 Å². The van der Waals surface area contributed by atoms with Crippen LogP contribution in [0.5, 0.6) is 0 Å². The Bertz CT molecular complexity index is 442. The molecule has 0 N–H and O–H groups in total. The second-order valence-corrected chi connectivity index (χ2v) is 3.82. The number of carbonyl (C=O) groups excluding carboxylic acids is 1. The molecule has 0 aliphatic rings. The Hall–Kier alpha value is -1.50. The number of hydrogen-bond donors (Lipinski definition) is 0. The molecule has 0 bridgehead atoms. The van der Waals surface area contributed by atoms with Crippen LogP contribution in [0.2, 0.25) is 0 Å². The molecule has 0 amide bonds. The van der Waals surface area contributed by atoms with Gasteiger partial charge in [-0.3, -0.25) is 4.79 Å². The van der Waals surface area contributed by atoms with E-state index in [9.17, 15) is 26.7 Å². The summed E-state index contributed by atoms with van der Waals surface area (Å²) in [5.74, 6) is -2.86. The van der Waals surface area contributed by atoms with Crippen LogP contribution >= 0.6 is 0 Å². The first-order chi connectivity index (χ1) is 8.79. The zero-order valence-electron chi connectivity index (χ0n) is 9.77. The second kappa shape index (κ2) is 6.60. The quantitative estimate of drug-likeness (QED) is 0.453. The SMILES string of the molecule is O=C(COCCCC(F)(F)F)c1ccc(F)c(F)c1. The van der Waals surface area contributed by atoms with E-state index in [0.717, 1.165) is 18.2 Å². The molecule has 0 heterocycles. The average molecular weight is 282 g/mol. The van der Waals surface area contributed by atoms with Crippen LogP contribution in [0.4, 0.5) is 22.0 Å². The molecule has 1 rings (SSSR count). The molecular formula is C12H11F5O2. The molecule has 0 radical (unpaired) electrons. The van der Waals surface area contributed by atoms with Crippen LogP contribution in [0.25, 0.3) is 0 Å². The van der Waals surface area contributed by atoms with Crippen molar-refractivity contribution in [3.63, 3.8) is 0 Å². The van der Waals surface area contributed by atoms with Crippen molar-refractivity contribution in [2.45, 2.75) is 19.0 Å². The average Bonchev–Trinajstić information content (AvgIpc) is 2.30. The second-order valence-electron chi connectivity index (χ2n) is 3.82. The fourth-order valence-electron chi connectivity index (χ4n) is 1.29. The summed E-state index contributed by atoms with van der Waals surface area (Å²) in [6, 6.07) is 2.60. The minimum absolute atomic E-state index is 0.0882. The van der Waals surface area contributed by atoms with Gasteiger partial charge >= 0.3 is 6.18 Å². The number of rotatable bonds is 6. The zero-order valence-corrected chi connectivity index (χ0v) is 9.77. The van der Waals surface area contributed by atoms with Crippen LogP contribution in [0.1, 0.15) is 23.2 Å². The third kappa shape index (κ3) is 5.78. The van der Waals surface area contributed by atoms with Gasteiger partial charge in [-0.2, -0.15) is 13.2 Å². The van der Waals surface area contributed by atoms with Crippen molar-refractivity contribution < 1.29 is 31.5 Å². The first-order valence-corrected chi connectivity index (χ1v) is 5.42. The summed E-state index contributed by atoms with van der Waals surface area (Å²) in [4.78, 5) is 11.4. The largest absolute Gasteiger partial charge is 0.389 e. The van der Waals surface area contributed by atoms with Gasteiger partial charge in [0.05, 0.1) is 0 Å². The standard InChI is InChI=1S/C12H11F5O2/c13-9-3-2-8(6-10(9)14)11(18)7-19-5-1-4-12(15,16)17/h2-3,6H,1,4-5,7H2. The predicted molar refractivity (Wildman–Crippen MR) is 56.8 cm³/mol. The van der Waals surface area contributed by atoms with Gasteiger partial charge in [0, 0.05) is 18.6 Å². The van der Waals surface area contributed by atoms with Gasteiger partial charge in [-0.25, -0.2) is 8.78 Å². The van der Waals surface area contributed by atoms with Crippen molar-refractivity contribution in [1.29, 1.82) is 0 Å². The maximum atomic E-state index is 12.8. The molecule has 1 aromatic carbocycles. The van der Waals surface area contributed by atoms with Gasteiger partial charge in [0.1, 0.15) is 6.61 Å². The third-order valence-electron chi connectivity index (χ3n) is 2.22. The Labute approximate surface area is 106 Å². The predicted octanol–water partition coefficient (Wildman–Crippen LogP) is 3.51. The highest BCUT2D eigenvalue weighted by atomic mass is 19.4. The van der Waals surface area contributed by atoms with Crippen LogP contribution in [-0.4, -0.2) is 25.2 Å². The summed E-state index contributed by atoms with van der Waals surface area (Å²) in [6.07, 6.45) is -5.51. The van der Waals surface area contributed by atoms with E-state index in [-0.39, 0.29) is 18.6 Å². The number of benzene rings is 1. The van der Waals surface area contributed by atoms with Crippen molar-refractivity contribution in [2.75, 3.05) is 13.2 Å². The van der Waals surface area contributed by atoms with Crippen molar-refractivity contribution in [2.24, 2.45) is 0 Å². The topological polar surface area (TPSA) is 26.3 Å². The highest BCUT2D eigenvalue weighted by Crippen LogP contribution is 2.21. The molecule has 0 unspecified atom stereocenters. The van der Waals surface area contributed by atoms with Gasteiger partial charge in [-0.1, -0.05) is 0 Å². The Morgan fingerprint density at radius 1 is 1.16 bits per heavy atom. The molecular weight excluding hydrogens is 271 g/mol. The molecule has 0 aromatic heterocycles. The van der Waals surface area contributed by atoms with Crippen LogP contribution in [0.3, 0.4) is 0 Å². The summed E-state index contributed by atoms with van der Waals surface area (Å²) in [6.45, 7) is -0.697. The number of ketones is 1. The number of carbonyl (C=O) groups is 1. The van der Waals surface area contributed by atoms with Crippen LogP contribution < -0.4 is 0 Å². The number of hydrogen-bond acceptors (Lipinski definition) is 2. The number of Topliss-reactive ketones (excluding diaryl/α,β-unsaturated/α-hetero) is 1. The van der Waals surface area contributed by atoms with Gasteiger partial charge < -0.3 is 4.74 Å². The van der Waals surface area contributed by atoms with Gasteiger partial charge in [0.15, 0.2) is 17.4 Å². The molecule has 19 heavy (non-hydrogen) atoms. The van der Waals surface area contributed by atoms with Crippen molar-refractivity contribution in [3.8, 4) is 0 Å². The minimum atomic E-state index is -4.26. The van der Waals surface area contributed by atoms with E-state index in [1.807, 2.05) is 0 Å². The lowest BCUT2D eigenvalue weighted by Gasteiger charge is -2.06. The maximum absolute atomic E-state index is 12.8. The highest BCUT2D eigenvalue weighted by Gasteiger charge is 2.26. The summed E-state index contributed by atoms with van der Waals surface area (Å²) in [7, 11) is 0. The van der Waals surface area contributed by atoms with Crippen molar-refractivity contribution in [3.05, 3.63) is 35.4 Å². The fraction of sp³-hybridized carbons (Fsp3) is 0.417. The van der Waals surface area contributed by atoms with Gasteiger partial charge in [-0.15, -0.1) is 0 Å². The van der Waals surface area contributed by atoms with Gasteiger partial charge in [-0.05, 0) is 24.6 Å². The number of halogens is 5. The Morgan fingerprint density at radius 3 is 2.42 bits per heavy atom. The smallest absolute Gasteiger partial charge is 0.373 e. The van der Waals surface area contributed by atoms with E-state index in [1.54, 1.807) is 0 Å². The van der Waals surface area contributed by atoms with Crippen molar-refractivity contribution in [1.82, 2.24) is 0 Å². The first kappa shape index (κ1) is 15.6. The number of ether oxygens (including phenoxy) is 1. The van der Waals surface area contributed by atoms with E-state index < -0.39 is 36.6 Å². The summed E-state index contributed by atoms with van der Waals surface area (Å²) < 4.78 is 65.5. The summed E-state index contributed by atoms with van der Waals surface area (Å²) in [5, 5.41) is 0. The molecule has 2 nitrogen and oxygen atoms in total. The van der Waals surface area contributed by atoms with Gasteiger partial charge in [0.2, 0.25) is 0 Å². The maximum Gasteiger partial charge on any atom is 0.389 e. The summed E-state index contributed by atoms with van der Waals surface area (Å²) in [5.41, 5.74) is -0.0882. The Kier molecular flexibility index (Phi) is 5.41. The molecule has 106 valence electrons. The molecule has 0 saturated heterocycles. The molecule has 0 spiro atoms. The molecule has 0 atom stereocenters. The fourth-order valence-corrected chi connectivity index (χ4v) is 1.29. The van der Waals surface area contributed by atoms with Gasteiger partial charge in [0.25, 0.3) is 0 Å².